The number of hydrogen-bond donors (Lipinski definition) is 2. The number of hydrogen-bond acceptors (Lipinski definition) is 8. The Morgan fingerprint density at radius 1 is 0.951 bits per heavy atom. The van der Waals surface area contributed by atoms with E-state index in [0.29, 0.717) is 30.0 Å². The summed E-state index contributed by atoms with van der Waals surface area (Å²) >= 11 is 0. The van der Waals surface area contributed by atoms with Gasteiger partial charge in [-0.2, -0.15) is 0 Å². The molecule has 41 heavy (non-hydrogen) atoms. The van der Waals surface area contributed by atoms with E-state index in [9.17, 15) is 15.0 Å². The van der Waals surface area contributed by atoms with Gasteiger partial charge in [0, 0.05) is 31.7 Å². The Labute approximate surface area is 239 Å². The molecule has 3 aliphatic rings. The van der Waals surface area contributed by atoms with E-state index < -0.39 is 35.4 Å². The second kappa shape index (κ2) is 10.2. The normalized spacial score (nSPS) is 30.0. The van der Waals surface area contributed by atoms with Crippen molar-refractivity contribution < 1.29 is 38.7 Å². The van der Waals surface area contributed by atoms with E-state index in [1.165, 1.54) is 14.2 Å². The van der Waals surface area contributed by atoms with Crippen molar-refractivity contribution in [2.75, 3.05) is 35.0 Å². The Bertz CT molecular complexity index is 1430. The molecule has 2 aliphatic heterocycles. The van der Waals surface area contributed by atoms with E-state index in [1.807, 2.05) is 42.5 Å². The van der Waals surface area contributed by atoms with Crippen LogP contribution in [0.3, 0.4) is 0 Å². The molecule has 9 nitrogen and oxygen atoms in total. The Hall–Kier alpha value is -3.79. The molecule has 1 saturated heterocycles. The zero-order valence-corrected chi connectivity index (χ0v) is 23.6. The van der Waals surface area contributed by atoms with Crippen molar-refractivity contribution in [1.82, 2.24) is 4.90 Å². The number of amides is 1. The third kappa shape index (κ3) is 3.83. The number of rotatable bonds is 7. The maximum absolute atomic E-state index is 14.7. The summed E-state index contributed by atoms with van der Waals surface area (Å²) in [6.45, 7) is 0.477. The molecule has 2 bridgehead atoms. The Morgan fingerprint density at radius 3 is 2.29 bits per heavy atom. The van der Waals surface area contributed by atoms with Crippen LogP contribution in [-0.2, 0) is 20.7 Å². The highest BCUT2D eigenvalue weighted by Crippen LogP contribution is 2.68. The van der Waals surface area contributed by atoms with Crippen molar-refractivity contribution in [2.45, 2.75) is 42.3 Å². The summed E-state index contributed by atoms with van der Waals surface area (Å²) in [6.07, 6.45) is -0.537. The number of methoxy groups -OCH3 is 4. The highest BCUT2D eigenvalue weighted by Gasteiger charge is 2.76. The summed E-state index contributed by atoms with van der Waals surface area (Å²) in [5.74, 6) is -0.688. The molecule has 3 aromatic rings. The number of aliphatic hydroxyl groups excluding tert-OH is 1. The number of carbonyl (C=O) groups is 1. The zero-order valence-electron chi connectivity index (χ0n) is 23.6. The molecule has 2 fully saturated rings. The molecule has 216 valence electrons. The molecule has 0 spiro atoms. The van der Waals surface area contributed by atoms with E-state index in [0.717, 1.165) is 12.0 Å². The van der Waals surface area contributed by atoms with Gasteiger partial charge in [-0.15, -0.1) is 0 Å². The van der Waals surface area contributed by atoms with Crippen LogP contribution in [0.15, 0.2) is 66.7 Å². The van der Waals surface area contributed by atoms with Gasteiger partial charge in [-0.1, -0.05) is 42.5 Å². The summed E-state index contributed by atoms with van der Waals surface area (Å²) in [5, 5.41) is 25.4. The van der Waals surface area contributed by atoms with E-state index >= 15 is 0 Å². The van der Waals surface area contributed by atoms with Crippen LogP contribution in [0.25, 0.3) is 0 Å². The van der Waals surface area contributed by atoms with Gasteiger partial charge in [0.1, 0.15) is 40.9 Å². The fourth-order valence-corrected chi connectivity index (χ4v) is 7.17. The molecule has 6 atom stereocenters. The standard InChI is InChI=1S/C32H35NO8/c1-37-21-14-12-20(13-15-21)32-26(19-9-6-5-7-10-19)28(29(34)33-16-8-11-25(33)40-4)31(36,30(32)35)27-23(39-3)17-22(38-2)18-24(27)41-32/h5-7,9-10,12-15,17-18,25-26,28,30,35-36H,8,11,16H2,1-4H3/t25-,26+,28-,30-,31-,32-/m1/s1. The van der Waals surface area contributed by atoms with Gasteiger partial charge in [0.25, 0.3) is 0 Å². The van der Waals surface area contributed by atoms with Crippen LogP contribution >= 0.6 is 0 Å². The van der Waals surface area contributed by atoms with Crippen molar-refractivity contribution in [3.05, 3.63) is 83.4 Å². The van der Waals surface area contributed by atoms with Crippen LogP contribution in [0.4, 0.5) is 0 Å². The van der Waals surface area contributed by atoms with Crippen LogP contribution in [0.5, 0.6) is 23.0 Å². The lowest BCUT2D eigenvalue weighted by molar-refractivity contribution is -0.171. The third-order valence-electron chi connectivity index (χ3n) is 8.99. The number of nitrogens with zero attached hydrogens (tertiary/aromatic N) is 1. The first-order valence-electron chi connectivity index (χ1n) is 13.7. The SMILES string of the molecule is COc1ccc([C@]23Oc4cc(OC)cc(OC)c4[C@](O)([C@H]2O)[C@@H](C(=O)N2CCC[C@H]2OC)[C@@H]3c2ccccc2)cc1. The highest BCUT2D eigenvalue weighted by atomic mass is 16.5. The predicted octanol–water partition coefficient (Wildman–Crippen LogP) is 3.56. The molecule has 1 aliphatic carbocycles. The van der Waals surface area contributed by atoms with Gasteiger partial charge in [-0.05, 0) is 36.1 Å². The lowest BCUT2D eigenvalue weighted by Crippen LogP contribution is -2.55. The zero-order chi connectivity index (χ0) is 28.9. The second-order valence-electron chi connectivity index (χ2n) is 10.8. The van der Waals surface area contributed by atoms with Crippen molar-refractivity contribution in [2.24, 2.45) is 5.92 Å². The summed E-state index contributed by atoms with van der Waals surface area (Å²) in [5.41, 5.74) is -2.12. The van der Waals surface area contributed by atoms with Gasteiger partial charge < -0.3 is 38.8 Å². The number of carbonyl (C=O) groups excluding carboxylic acids is 1. The topological polar surface area (TPSA) is 107 Å². The average molecular weight is 562 g/mol. The molecule has 3 aromatic carbocycles. The number of aliphatic hydroxyl groups is 2. The van der Waals surface area contributed by atoms with Gasteiger partial charge in [-0.25, -0.2) is 0 Å². The summed E-state index contributed by atoms with van der Waals surface area (Å²) < 4.78 is 29.2. The van der Waals surface area contributed by atoms with Crippen LogP contribution < -0.4 is 18.9 Å². The number of likely N-dealkylation sites (tertiary alicyclic amines) is 1. The minimum absolute atomic E-state index is 0.211. The maximum Gasteiger partial charge on any atom is 0.231 e. The monoisotopic (exact) mass is 561 g/mol. The molecular weight excluding hydrogens is 526 g/mol. The molecule has 1 saturated carbocycles. The van der Waals surface area contributed by atoms with E-state index in [4.69, 9.17) is 23.7 Å². The molecule has 0 unspecified atom stereocenters. The number of fused-ring (bicyclic) bond motifs is 4. The van der Waals surface area contributed by atoms with Crippen LogP contribution in [-0.4, -0.2) is 68.3 Å². The summed E-state index contributed by atoms with van der Waals surface area (Å²) in [4.78, 5) is 16.4. The molecule has 6 rings (SSSR count). The summed E-state index contributed by atoms with van der Waals surface area (Å²) in [6, 6.07) is 19.9. The smallest absolute Gasteiger partial charge is 0.231 e. The Morgan fingerprint density at radius 2 is 1.66 bits per heavy atom. The molecule has 1 amide bonds. The van der Waals surface area contributed by atoms with Crippen LogP contribution in [0, 0.1) is 5.92 Å². The van der Waals surface area contributed by atoms with Crippen LogP contribution in [0.1, 0.15) is 35.4 Å². The largest absolute Gasteiger partial charge is 0.497 e. The van der Waals surface area contributed by atoms with Gasteiger partial charge in [0.2, 0.25) is 5.91 Å². The maximum atomic E-state index is 14.7. The summed E-state index contributed by atoms with van der Waals surface area (Å²) in [7, 11) is 6.15. The predicted molar refractivity (Wildman–Crippen MR) is 149 cm³/mol. The molecule has 0 radical (unpaired) electrons. The first kappa shape index (κ1) is 27.4. The lowest BCUT2D eigenvalue weighted by atomic mass is 9.75. The first-order valence-corrected chi connectivity index (χ1v) is 13.7. The Balaban J connectivity index is 1.68. The van der Waals surface area contributed by atoms with Gasteiger partial charge in [0.15, 0.2) is 5.60 Å². The van der Waals surface area contributed by atoms with Crippen LogP contribution in [0.2, 0.25) is 0 Å². The molecule has 9 heteroatoms. The minimum atomic E-state index is -2.09. The highest BCUT2D eigenvalue weighted by molar-refractivity contribution is 5.85. The molecule has 0 aromatic heterocycles. The van der Waals surface area contributed by atoms with E-state index in [1.54, 1.807) is 43.4 Å². The van der Waals surface area contributed by atoms with Crippen molar-refractivity contribution in [1.29, 1.82) is 0 Å². The van der Waals surface area contributed by atoms with Crippen molar-refractivity contribution >= 4 is 5.91 Å². The average Bonchev–Trinajstić information content (AvgIpc) is 3.54. The van der Waals surface area contributed by atoms with Crippen molar-refractivity contribution in [3.8, 4) is 23.0 Å². The van der Waals surface area contributed by atoms with Gasteiger partial charge in [0.05, 0.1) is 32.8 Å². The number of ether oxygens (including phenoxy) is 5. The fraction of sp³-hybridized carbons (Fsp3) is 0.406. The lowest BCUT2D eigenvalue weighted by Gasteiger charge is -2.45. The third-order valence-corrected chi connectivity index (χ3v) is 8.99. The van der Waals surface area contributed by atoms with Crippen molar-refractivity contribution in [3.63, 3.8) is 0 Å². The Kier molecular flexibility index (Phi) is 6.84. The molecular formula is C32H35NO8. The van der Waals surface area contributed by atoms with Gasteiger partial charge >= 0.3 is 0 Å². The minimum Gasteiger partial charge on any atom is -0.497 e. The quantitative estimate of drug-likeness (QED) is 0.451. The van der Waals surface area contributed by atoms with E-state index in [-0.39, 0.29) is 23.0 Å². The fourth-order valence-electron chi connectivity index (χ4n) is 7.17. The van der Waals surface area contributed by atoms with E-state index in [2.05, 4.69) is 0 Å². The molecule has 2 heterocycles. The number of benzene rings is 3. The first-order chi connectivity index (χ1) is 19.8. The molecule has 2 N–H and O–H groups in total. The second-order valence-corrected chi connectivity index (χ2v) is 10.8. The van der Waals surface area contributed by atoms with Gasteiger partial charge in [-0.3, -0.25) is 4.79 Å².